The number of esters is 2. The molecule has 4 nitrogen and oxygen atoms in total. The Balaban J connectivity index is 4.42. The molecule has 20 heavy (non-hydrogen) atoms. The SMILES string of the molecule is C=CC(CC=CC(=O)OC(C)(C)C)C(=O)OC(C)(C)C. The van der Waals surface area contributed by atoms with E-state index in [0.29, 0.717) is 6.42 Å². The van der Waals surface area contributed by atoms with Gasteiger partial charge in [-0.15, -0.1) is 6.58 Å². The summed E-state index contributed by atoms with van der Waals surface area (Å²) in [7, 11) is 0. The zero-order valence-electron chi connectivity index (χ0n) is 13.4. The number of carbonyl (C=O) groups is 2. The van der Waals surface area contributed by atoms with Crippen molar-refractivity contribution in [3.8, 4) is 0 Å². The number of rotatable bonds is 5. The van der Waals surface area contributed by atoms with Crippen LogP contribution < -0.4 is 0 Å². The summed E-state index contributed by atoms with van der Waals surface area (Å²) >= 11 is 0. The molecule has 0 radical (unpaired) electrons. The molecule has 0 aliphatic rings. The maximum Gasteiger partial charge on any atom is 0.330 e. The first-order chi connectivity index (χ1) is 8.94. The molecule has 0 aromatic carbocycles. The second-order valence-electron chi connectivity index (χ2n) is 6.55. The lowest BCUT2D eigenvalue weighted by Crippen LogP contribution is -2.27. The van der Waals surface area contributed by atoms with Crippen LogP contribution in [0.5, 0.6) is 0 Å². The van der Waals surface area contributed by atoms with E-state index in [1.807, 2.05) is 20.8 Å². The smallest absolute Gasteiger partial charge is 0.330 e. The van der Waals surface area contributed by atoms with E-state index < -0.39 is 23.1 Å². The van der Waals surface area contributed by atoms with Gasteiger partial charge in [0.15, 0.2) is 0 Å². The van der Waals surface area contributed by atoms with Gasteiger partial charge in [0.1, 0.15) is 11.2 Å². The fraction of sp³-hybridized carbons (Fsp3) is 0.625. The lowest BCUT2D eigenvalue weighted by molar-refractivity contribution is -0.158. The van der Waals surface area contributed by atoms with Crippen LogP contribution in [-0.4, -0.2) is 23.1 Å². The molecule has 0 fully saturated rings. The molecule has 0 aliphatic heterocycles. The molecular weight excluding hydrogens is 256 g/mol. The highest BCUT2D eigenvalue weighted by molar-refractivity contribution is 5.82. The van der Waals surface area contributed by atoms with E-state index >= 15 is 0 Å². The Morgan fingerprint density at radius 2 is 1.55 bits per heavy atom. The zero-order chi connectivity index (χ0) is 16.0. The molecule has 0 spiro atoms. The molecule has 0 amide bonds. The van der Waals surface area contributed by atoms with Crippen molar-refractivity contribution in [1.82, 2.24) is 0 Å². The van der Waals surface area contributed by atoms with Gasteiger partial charge in [-0.2, -0.15) is 0 Å². The molecular formula is C16H26O4. The van der Waals surface area contributed by atoms with Crippen molar-refractivity contribution in [1.29, 1.82) is 0 Å². The highest BCUT2D eigenvalue weighted by Crippen LogP contribution is 2.15. The Bertz CT molecular complexity index is 380. The lowest BCUT2D eigenvalue weighted by Gasteiger charge is -2.22. The first-order valence-electron chi connectivity index (χ1n) is 6.69. The molecule has 0 aromatic rings. The average Bonchev–Trinajstić information content (AvgIpc) is 2.18. The van der Waals surface area contributed by atoms with Gasteiger partial charge in [0.05, 0.1) is 5.92 Å². The molecule has 1 atom stereocenters. The third kappa shape index (κ3) is 9.36. The molecule has 0 N–H and O–H groups in total. The third-order valence-electron chi connectivity index (χ3n) is 2.04. The van der Waals surface area contributed by atoms with Crippen LogP contribution in [0, 0.1) is 5.92 Å². The van der Waals surface area contributed by atoms with Crippen molar-refractivity contribution < 1.29 is 19.1 Å². The van der Waals surface area contributed by atoms with Gasteiger partial charge in [-0.3, -0.25) is 4.79 Å². The van der Waals surface area contributed by atoms with Crippen LogP contribution >= 0.6 is 0 Å². The molecule has 0 heterocycles. The Morgan fingerprint density at radius 3 is 1.95 bits per heavy atom. The van der Waals surface area contributed by atoms with Crippen LogP contribution in [0.25, 0.3) is 0 Å². The largest absolute Gasteiger partial charge is 0.460 e. The van der Waals surface area contributed by atoms with Crippen molar-refractivity contribution in [2.24, 2.45) is 5.92 Å². The number of hydrogen-bond acceptors (Lipinski definition) is 4. The van der Waals surface area contributed by atoms with Crippen LogP contribution in [0.15, 0.2) is 24.8 Å². The van der Waals surface area contributed by atoms with Crippen LogP contribution in [0.4, 0.5) is 0 Å². The second-order valence-corrected chi connectivity index (χ2v) is 6.55. The summed E-state index contributed by atoms with van der Waals surface area (Å²) in [5, 5.41) is 0. The number of hydrogen-bond donors (Lipinski definition) is 0. The van der Waals surface area contributed by atoms with E-state index in [2.05, 4.69) is 6.58 Å². The Labute approximate surface area is 121 Å². The molecule has 0 bridgehead atoms. The topological polar surface area (TPSA) is 52.6 Å². The molecule has 0 saturated heterocycles. The summed E-state index contributed by atoms with van der Waals surface area (Å²) in [6.07, 6.45) is 4.81. The molecule has 4 heteroatoms. The summed E-state index contributed by atoms with van der Waals surface area (Å²) in [5.74, 6) is -1.24. The van der Waals surface area contributed by atoms with Crippen molar-refractivity contribution in [2.45, 2.75) is 59.2 Å². The van der Waals surface area contributed by atoms with Gasteiger partial charge in [-0.05, 0) is 48.0 Å². The Kier molecular flexibility index (Phi) is 6.69. The van der Waals surface area contributed by atoms with E-state index in [9.17, 15) is 9.59 Å². The molecule has 1 unspecified atom stereocenters. The monoisotopic (exact) mass is 282 g/mol. The quantitative estimate of drug-likeness (QED) is 0.440. The minimum atomic E-state index is -0.535. The highest BCUT2D eigenvalue weighted by Gasteiger charge is 2.22. The van der Waals surface area contributed by atoms with Crippen molar-refractivity contribution in [3.63, 3.8) is 0 Å². The first kappa shape index (κ1) is 18.4. The molecule has 0 aliphatic carbocycles. The summed E-state index contributed by atoms with van der Waals surface area (Å²) in [4.78, 5) is 23.3. The average molecular weight is 282 g/mol. The van der Waals surface area contributed by atoms with Gasteiger partial charge < -0.3 is 9.47 Å². The van der Waals surface area contributed by atoms with E-state index in [0.717, 1.165) is 0 Å². The van der Waals surface area contributed by atoms with Gasteiger partial charge in [-0.25, -0.2) is 4.79 Å². The van der Waals surface area contributed by atoms with Crippen LogP contribution in [0.2, 0.25) is 0 Å². The molecule has 0 aromatic heterocycles. The first-order valence-corrected chi connectivity index (χ1v) is 6.69. The fourth-order valence-corrected chi connectivity index (χ4v) is 1.31. The van der Waals surface area contributed by atoms with Crippen molar-refractivity contribution in [3.05, 3.63) is 24.8 Å². The van der Waals surface area contributed by atoms with Crippen molar-refractivity contribution >= 4 is 11.9 Å². The van der Waals surface area contributed by atoms with Crippen LogP contribution in [-0.2, 0) is 19.1 Å². The van der Waals surface area contributed by atoms with E-state index in [-0.39, 0.29) is 5.97 Å². The summed E-state index contributed by atoms with van der Waals surface area (Å²) < 4.78 is 10.4. The Hall–Kier alpha value is -1.58. The minimum Gasteiger partial charge on any atom is -0.460 e. The van der Waals surface area contributed by atoms with Gasteiger partial charge >= 0.3 is 11.9 Å². The van der Waals surface area contributed by atoms with E-state index in [1.54, 1.807) is 26.8 Å². The molecule has 0 saturated carbocycles. The predicted octanol–water partition coefficient (Wildman–Crippen LogP) is 3.42. The maximum absolute atomic E-state index is 11.9. The Morgan fingerprint density at radius 1 is 1.05 bits per heavy atom. The van der Waals surface area contributed by atoms with Gasteiger partial charge in [0, 0.05) is 6.08 Å². The van der Waals surface area contributed by atoms with Gasteiger partial charge in [-0.1, -0.05) is 12.2 Å². The fourth-order valence-electron chi connectivity index (χ4n) is 1.31. The van der Waals surface area contributed by atoms with Crippen LogP contribution in [0.3, 0.4) is 0 Å². The zero-order valence-corrected chi connectivity index (χ0v) is 13.4. The maximum atomic E-state index is 11.9. The molecule has 0 rings (SSSR count). The molecule has 114 valence electrons. The second kappa shape index (κ2) is 7.27. The van der Waals surface area contributed by atoms with E-state index in [1.165, 1.54) is 12.2 Å². The summed E-state index contributed by atoms with van der Waals surface area (Å²) in [5.41, 5.74) is -1.06. The minimum absolute atomic E-state index is 0.346. The number of carbonyl (C=O) groups excluding carboxylic acids is 2. The summed E-state index contributed by atoms with van der Waals surface area (Å²) in [6, 6.07) is 0. The van der Waals surface area contributed by atoms with Crippen LogP contribution in [0.1, 0.15) is 48.0 Å². The number of ether oxygens (including phenoxy) is 2. The lowest BCUT2D eigenvalue weighted by atomic mass is 10.1. The van der Waals surface area contributed by atoms with Gasteiger partial charge in [0.25, 0.3) is 0 Å². The predicted molar refractivity (Wildman–Crippen MR) is 79.1 cm³/mol. The number of allylic oxidation sites excluding steroid dienone is 1. The van der Waals surface area contributed by atoms with Gasteiger partial charge in [0.2, 0.25) is 0 Å². The van der Waals surface area contributed by atoms with Crippen molar-refractivity contribution in [2.75, 3.05) is 0 Å². The highest BCUT2D eigenvalue weighted by atomic mass is 16.6. The normalized spacial score (nSPS) is 13.9. The van der Waals surface area contributed by atoms with E-state index in [4.69, 9.17) is 9.47 Å². The third-order valence-corrected chi connectivity index (χ3v) is 2.04. The standard InChI is InChI=1S/C16H26O4/c1-8-12(14(18)20-16(5,6)7)10-9-11-13(17)19-15(2,3)4/h8-9,11-12H,1,10H2,2-7H3. The summed E-state index contributed by atoms with van der Waals surface area (Å²) in [6.45, 7) is 14.4.